The third-order valence-electron chi connectivity index (χ3n) is 2.26. The molecule has 0 fully saturated rings. The van der Waals surface area contributed by atoms with Gasteiger partial charge in [-0.3, -0.25) is 9.59 Å². The largest absolute Gasteiger partial charge is 0.347 e. The first kappa shape index (κ1) is 16.6. The van der Waals surface area contributed by atoms with Crippen molar-refractivity contribution in [2.45, 2.75) is 11.3 Å². The molecule has 0 aliphatic rings. The maximum absolute atomic E-state index is 11.5. The summed E-state index contributed by atoms with van der Waals surface area (Å²) in [7, 11) is 0. The van der Waals surface area contributed by atoms with E-state index < -0.39 is 0 Å². The Hall–Kier alpha value is -1.45. The first-order chi connectivity index (χ1) is 9.63. The van der Waals surface area contributed by atoms with Crippen LogP contribution in [0.5, 0.6) is 0 Å². The zero-order valence-corrected chi connectivity index (χ0v) is 13.2. The van der Waals surface area contributed by atoms with Crippen LogP contribution >= 0.6 is 27.7 Å². The van der Waals surface area contributed by atoms with Crippen molar-refractivity contribution in [2.24, 2.45) is 0 Å². The molecule has 20 heavy (non-hydrogen) atoms. The second kappa shape index (κ2) is 9.45. The van der Waals surface area contributed by atoms with Gasteiger partial charge in [-0.25, -0.2) is 0 Å². The minimum Gasteiger partial charge on any atom is -0.347 e. The second-order valence-electron chi connectivity index (χ2n) is 3.79. The fourth-order valence-electron chi connectivity index (χ4n) is 1.29. The number of carbonyl (C=O) groups is 2. The number of hydrogen-bond donors (Lipinski definition) is 2. The van der Waals surface area contributed by atoms with Gasteiger partial charge in [0.1, 0.15) is 0 Å². The van der Waals surface area contributed by atoms with E-state index >= 15 is 0 Å². The van der Waals surface area contributed by atoms with E-state index in [1.807, 2.05) is 24.3 Å². The van der Waals surface area contributed by atoms with Crippen molar-refractivity contribution in [3.8, 4) is 12.3 Å². The molecule has 0 bridgehead atoms. The van der Waals surface area contributed by atoms with E-state index in [4.69, 9.17) is 6.42 Å². The van der Waals surface area contributed by atoms with Crippen LogP contribution in [0.4, 0.5) is 0 Å². The Balaban J connectivity index is 2.19. The third-order valence-corrected chi connectivity index (χ3v) is 4.29. The van der Waals surface area contributed by atoms with E-state index in [2.05, 4.69) is 32.5 Å². The van der Waals surface area contributed by atoms with Crippen molar-refractivity contribution in [1.29, 1.82) is 0 Å². The summed E-state index contributed by atoms with van der Waals surface area (Å²) in [5.41, 5.74) is 0. The molecular formula is C14H15BrN2O2S. The van der Waals surface area contributed by atoms with Crippen molar-refractivity contribution < 1.29 is 9.59 Å². The fourth-order valence-corrected chi connectivity index (χ4v) is 2.81. The summed E-state index contributed by atoms with van der Waals surface area (Å²) in [6.45, 7) is 0.132. The molecule has 0 saturated carbocycles. The lowest BCUT2D eigenvalue weighted by Crippen LogP contribution is -2.37. The molecular weight excluding hydrogens is 340 g/mol. The highest BCUT2D eigenvalue weighted by atomic mass is 79.9. The Labute approximate surface area is 131 Å². The second-order valence-corrected chi connectivity index (χ2v) is 5.78. The van der Waals surface area contributed by atoms with Crippen molar-refractivity contribution in [3.63, 3.8) is 0 Å². The van der Waals surface area contributed by atoms with Crippen LogP contribution in [0.1, 0.15) is 6.42 Å². The number of rotatable bonds is 7. The van der Waals surface area contributed by atoms with Gasteiger partial charge in [0.25, 0.3) is 0 Å². The molecule has 0 aromatic heterocycles. The molecule has 0 saturated heterocycles. The maximum atomic E-state index is 11.5. The molecule has 2 amide bonds. The molecule has 0 spiro atoms. The lowest BCUT2D eigenvalue weighted by molar-refractivity contribution is -0.125. The van der Waals surface area contributed by atoms with Crippen molar-refractivity contribution >= 4 is 39.5 Å². The summed E-state index contributed by atoms with van der Waals surface area (Å²) in [6, 6.07) is 7.83. The number of halogens is 1. The fraction of sp³-hybridized carbons (Fsp3) is 0.286. The zero-order chi connectivity index (χ0) is 14.8. The summed E-state index contributed by atoms with van der Waals surface area (Å²) in [5.74, 6) is 2.51. The molecule has 0 unspecified atom stereocenters. The van der Waals surface area contributed by atoms with Gasteiger partial charge >= 0.3 is 0 Å². The summed E-state index contributed by atoms with van der Waals surface area (Å²) in [5, 5.41) is 5.02. The van der Waals surface area contributed by atoms with Crippen LogP contribution in [-0.2, 0) is 9.59 Å². The molecule has 0 aliphatic heterocycles. The predicted molar refractivity (Wildman–Crippen MR) is 84.3 cm³/mol. The lowest BCUT2D eigenvalue weighted by Gasteiger charge is -2.06. The predicted octanol–water partition coefficient (Wildman–Crippen LogP) is 1.80. The Morgan fingerprint density at radius 2 is 2.00 bits per heavy atom. The van der Waals surface area contributed by atoms with Gasteiger partial charge < -0.3 is 10.6 Å². The van der Waals surface area contributed by atoms with E-state index in [1.165, 1.54) is 0 Å². The molecule has 1 aromatic rings. The van der Waals surface area contributed by atoms with Gasteiger partial charge in [-0.05, 0) is 28.1 Å². The number of carbonyl (C=O) groups excluding carboxylic acids is 2. The zero-order valence-electron chi connectivity index (χ0n) is 10.8. The number of thioether (sulfide) groups is 1. The van der Waals surface area contributed by atoms with E-state index in [0.29, 0.717) is 12.2 Å². The smallest absolute Gasteiger partial charge is 0.240 e. The molecule has 0 heterocycles. The van der Waals surface area contributed by atoms with Crippen LogP contribution in [0, 0.1) is 12.3 Å². The molecule has 1 aromatic carbocycles. The minimum absolute atomic E-state index is 0.0415. The summed E-state index contributed by atoms with van der Waals surface area (Å²) in [4.78, 5) is 23.8. The average Bonchev–Trinajstić information content (AvgIpc) is 2.45. The Morgan fingerprint density at radius 1 is 1.25 bits per heavy atom. The topological polar surface area (TPSA) is 58.2 Å². The number of nitrogens with one attached hydrogen (secondary N) is 2. The molecule has 4 nitrogen and oxygen atoms in total. The molecule has 0 atom stereocenters. The Kier molecular flexibility index (Phi) is 7.85. The highest BCUT2D eigenvalue weighted by Gasteiger charge is 2.06. The van der Waals surface area contributed by atoms with Gasteiger partial charge in [-0.15, -0.1) is 18.2 Å². The van der Waals surface area contributed by atoms with Gasteiger partial charge in [0.2, 0.25) is 11.8 Å². The molecule has 106 valence electrons. The van der Waals surface area contributed by atoms with Crippen molar-refractivity contribution in [3.05, 3.63) is 28.7 Å². The third kappa shape index (κ3) is 6.64. The Morgan fingerprint density at radius 3 is 2.70 bits per heavy atom. The minimum atomic E-state index is -0.283. The highest BCUT2D eigenvalue weighted by Crippen LogP contribution is 2.27. The van der Waals surface area contributed by atoms with Gasteiger partial charge in [0.05, 0.1) is 13.1 Å². The molecule has 0 radical (unpaired) electrons. The normalized spacial score (nSPS) is 9.60. The van der Waals surface area contributed by atoms with Gasteiger partial charge in [-0.1, -0.05) is 18.1 Å². The highest BCUT2D eigenvalue weighted by molar-refractivity contribution is 9.10. The van der Waals surface area contributed by atoms with E-state index in [1.54, 1.807) is 11.8 Å². The van der Waals surface area contributed by atoms with E-state index in [0.717, 1.165) is 9.37 Å². The van der Waals surface area contributed by atoms with Gasteiger partial charge in [0.15, 0.2) is 0 Å². The maximum Gasteiger partial charge on any atom is 0.240 e. The summed E-state index contributed by atoms with van der Waals surface area (Å²) >= 11 is 5.04. The lowest BCUT2D eigenvalue weighted by atomic mass is 10.4. The van der Waals surface area contributed by atoms with E-state index in [9.17, 15) is 9.59 Å². The number of benzene rings is 1. The van der Waals surface area contributed by atoms with Crippen LogP contribution in [-0.4, -0.2) is 30.7 Å². The first-order valence-corrected chi connectivity index (χ1v) is 7.75. The number of hydrogen-bond acceptors (Lipinski definition) is 3. The van der Waals surface area contributed by atoms with Crippen LogP contribution in [0.15, 0.2) is 33.6 Å². The standard InChI is InChI=1S/C14H15BrN2O2S/c1-2-8-16-14(19)10-17-13(18)7-9-20-12-6-4-3-5-11(12)15/h1,3-6H,7-10H2,(H,16,19)(H,17,18). The van der Waals surface area contributed by atoms with Crippen LogP contribution in [0.25, 0.3) is 0 Å². The molecule has 2 N–H and O–H groups in total. The van der Waals surface area contributed by atoms with Crippen molar-refractivity contribution in [2.75, 3.05) is 18.8 Å². The van der Waals surface area contributed by atoms with Crippen LogP contribution < -0.4 is 10.6 Å². The Bertz CT molecular complexity index is 514. The van der Waals surface area contributed by atoms with Crippen molar-refractivity contribution in [1.82, 2.24) is 10.6 Å². The monoisotopic (exact) mass is 354 g/mol. The van der Waals surface area contributed by atoms with Crippen LogP contribution in [0.3, 0.4) is 0 Å². The average molecular weight is 355 g/mol. The first-order valence-electron chi connectivity index (χ1n) is 5.97. The van der Waals surface area contributed by atoms with E-state index in [-0.39, 0.29) is 24.9 Å². The number of terminal acetylenes is 1. The van der Waals surface area contributed by atoms with Gasteiger partial charge in [0, 0.05) is 21.5 Å². The molecule has 0 aliphatic carbocycles. The molecule has 1 rings (SSSR count). The number of amides is 2. The summed E-state index contributed by atoms with van der Waals surface area (Å²) < 4.78 is 1.01. The van der Waals surface area contributed by atoms with Crippen LogP contribution in [0.2, 0.25) is 0 Å². The van der Waals surface area contributed by atoms with Gasteiger partial charge in [-0.2, -0.15) is 0 Å². The molecule has 6 heteroatoms. The quantitative estimate of drug-likeness (QED) is 0.579. The summed E-state index contributed by atoms with van der Waals surface area (Å²) in [6.07, 6.45) is 5.36. The SMILES string of the molecule is C#CCNC(=O)CNC(=O)CCSc1ccccc1Br.